The van der Waals surface area contributed by atoms with E-state index < -0.39 is 0 Å². The second-order valence-corrected chi connectivity index (χ2v) is 8.94. The highest BCUT2D eigenvalue weighted by Gasteiger charge is 2.62. The van der Waals surface area contributed by atoms with Crippen LogP contribution >= 0.6 is 0 Å². The lowest BCUT2D eigenvalue weighted by molar-refractivity contribution is 0.0939. The number of nitrogens with two attached hydrogens (primary N) is 2. The number of carbonyl (C=O) groups is 1. The van der Waals surface area contributed by atoms with E-state index in [-0.39, 0.29) is 19.5 Å². The number of anilines is 1. The Morgan fingerprint density at radius 2 is 1.91 bits per heavy atom. The minimum Gasteiger partial charge on any atom is -0.491 e. The molecule has 0 radical (unpaired) electrons. The van der Waals surface area contributed by atoms with Crippen molar-refractivity contribution in [3.63, 3.8) is 0 Å². The van der Waals surface area contributed by atoms with Crippen molar-refractivity contribution in [3.05, 3.63) is 64.9 Å². The fraction of sp³-hybridized carbons (Fsp3) is 0.407. The Kier molecular flexibility index (Phi) is 7.99. The molecule has 1 amide bonds. The molecular weight excluding hydrogens is 426 g/mol. The second-order valence-electron chi connectivity index (χ2n) is 8.94. The summed E-state index contributed by atoms with van der Waals surface area (Å²) in [5.74, 6) is 0.658. The van der Waals surface area contributed by atoms with Gasteiger partial charge in [-0.3, -0.25) is 9.79 Å². The van der Waals surface area contributed by atoms with Gasteiger partial charge in [0.15, 0.2) is 0 Å². The summed E-state index contributed by atoms with van der Waals surface area (Å²) in [6.45, 7) is 7.93. The molecule has 34 heavy (non-hydrogen) atoms. The van der Waals surface area contributed by atoms with Crippen LogP contribution in [0, 0.1) is 6.92 Å². The third-order valence-corrected chi connectivity index (χ3v) is 6.04. The van der Waals surface area contributed by atoms with Crippen molar-refractivity contribution in [2.75, 3.05) is 19.0 Å². The lowest BCUT2D eigenvalue weighted by Crippen LogP contribution is -2.27. The van der Waals surface area contributed by atoms with Gasteiger partial charge in [0.2, 0.25) is 0 Å². The number of hydrogen-bond donors (Lipinski definition) is 3. The van der Waals surface area contributed by atoms with Crippen LogP contribution in [0.1, 0.15) is 61.7 Å². The molecule has 0 unspecified atom stereocenters. The molecule has 3 atom stereocenters. The van der Waals surface area contributed by atoms with E-state index in [9.17, 15) is 4.79 Å². The molecule has 1 saturated carbocycles. The average molecular weight is 466 g/mol. The third kappa shape index (κ3) is 5.59. The highest BCUT2D eigenvalue weighted by molar-refractivity contribution is 6.09. The SMILES string of the molecule is CN.CN=C/C(=C\N)c1cc(OC(C)C)cc([C@@H](C)NC(=O)c2cc(N3[C@@H]4C[C@@H]43)ccc2C)c1.[HH]. The van der Waals surface area contributed by atoms with E-state index in [1.807, 2.05) is 58.0 Å². The fourth-order valence-electron chi connectivity index (χ4n) is 4.08. The minimum absolute atomic E-state index is 0. The van der Waals surface area contributed by atoms with E-state index in [4.69, 9.17) is 10.5 Å². The molecule has 1 saturated heterocycles. The Labute approximate surface area is 204 Å². The van der Waals surface area contributed by atoms with Crippen molar-refractivity contribution in [1.29, 1.82) is 0 Å². The number of hydrogen-bond acceptors (Lipinski definition) is 6. The topological polar surface area (TPSA) is 106 Å². The molecule has 2 aromatic rings. The van der Waals surface area contributed by atoms with Crippen LogP contribution in [0.3, 0.4) is 0 Å². The summed E-state index contributed by atoms with van der Waals surface area (Å²) < 4.78 is 5.96. The van der Waals surface area contributed by atoms with Gasteiger partial charge in [-0.1, -0.05) is 6.07 Å². The zero-order valence-corrected chi connectivity index (χ0v) is 21.0. The van der Waals surface area contributed by atoms with Gasteiger partial charge < -0.3 is 26.4 Å². The average Bonchev–Trinajstić information content (AvgIpc) is 3.72. The second kappa shape index (κ2) is 10.7. The van der Waals surface area contributed by atoms with Crippen molar-refractivity contribution in [3.8, 4) is 5.75 Å². The number of amides is 1. The number of ether oxygens (including phenoxy) is 1. The molecule has 1 aliphatic carbocycles. The van der Waals surface area contributed by atoms with Gasteiger partial charge in [0.25, 0.3) is 5.91 Å². The quantitative estimate of drug-likeness (QED) is 0.403. The Morgan fingerprint density at radius 3 is 2.47 bits per heavy atom. The standard InChI is InChI=1S/C26H32N4O2.CH5N.H2/c1-15(2)32-22-9-18(8-19(10-22)20(13-27)14-28-5)17(4)29-26(31)23-11-21(7-6-16(23)3)30-24-12-25(24)30;1-2;/h6-11,13-15,17,24-25H,12,27H2,1-5H3,(H,29,31);2H2,1H3;1H/b20-13+,28-14?;;/t17-,24-,25+,30?;;/m1../s1. The predicted octanol–water partition coefficient (Wildman–Crippen LogP) is 4.06. The summed E-state index contributed by atoms with van der Waals surface area (Å²) in [5.41, 5.74) is 15.8. The minimum atomic E-state index is -0.216. The molecule has 7 heteroatoms. The number of aryl methyl sites for hydroxylation is 1. The van der Waals surface area contributed by atoms with Crippen LogP contribution in [0.15, 0.2) is 47.6 Å². The summed E-state index contributed by atoms with van der Waals surface area (Å²) in [4.78, 5) is 19.6. The number of nitrogens with zero attached hydrogens (tertiary/aromatic N) is 2. The maximum absolute atomic E-state index is 13.2. The van der Waals surface area contributed by atoms with Crippen LogP contribution in [-0.2, 0) is 0 Å². The molecule has 1 aliphatic heterocycles. The predicted molar refractivity (Wildman–Crippen MR) is 143 cm³/mol. The zero-order valence-electron chi connectivity index (χ0n) is 21.0. The number of rotatable bonds is 8. The molecule has 2 aliphatic rings. The summed E-state index contributed by atoms with van der Waals surface area (Å²) in [5, 5.41) is 3.16. The van der Waals surface area contributed by atoms with Crippen LogP contribution in [0.25, 0.3) is 5.57 Å². The molecule has 7 nitrogen and oxygen atoms in total. The molecule has 0 bridgehead atoms. The van der Waals surface area contributed by atoms with Gasteiger partial charge in [-0.2, -0.15) is 0 Å². The highest BCUT2D eigenvalue weighted by atomic mass is 16.5. The largest absolute Gasteiger partial charge is 0.491 e. The molecule has 0 aromatic heterocycles. The van der Waals surface area contributed by atoms with E-state index in [0.29, 0.717) is 12.1 Å². The van der Waals surface area contributed by atoms with Crippen molar-refractivity contribution in [2.45, 2.75) is 58.3 Å². The smallest absolute Gasteiger partial charge is 0.252 e. The van der Waals surface area contributed by atoms with E-state index in [0.717, 1.165) is 39.3 Å². The lowest BCUT2D eigenvalue weighted by Gasteiger charge is -2.20. The molecule has 0 spiro atoms. The Balaban J connectivity index is 0.00000140. The van der Waals surface area contributed by atoms with E-state index in [2.05, 4.69) is 27.0 Å². The molecule has 184 valence electrons. The van der Waals surface area contributed by atoms with Crippen LogP contribution in [0.5, 0.6) is 5.75 Å². The first kappa shape index (κ1) is 25.3. The molecule has 1 heterocycles. The molecule has 2 aromatic carbocycles. The number of carbonyl (C=O) groups excluding carboxylic acids is 1. The summed E-state index contributed by atoms with van der Waals surface area (Å²) >= 11 is 0. The van der Waals surface area contributed by atoms with Crippen LogP contribution in [-0.4, -0.2) is 44.4 Å². The van der Waals surface area contributed by atoms with Crippen molar-refractivity contribution in [2.24, 2.45) is 16.5 Å². The first-order valence-electron chi connectivity index (χ1n) is 11.8. The van der Waals surface area contributed by atoms with Gasteiger partial charge >= 0.3 is 0 Å². The van der Waals surface area contributed by atoms with Gasteiger partial charge in [0, 0.05) is 37.7 Å². The van der Waals surface area contributed by atoms with Gasteiger partial charge in [0.05, 0.1) is 24.2 Å². The van der Waals surface area contributed by atoms with Crippen molar-refractivity contribution >= 4 is 23.4 Å². The molecular formula is C27H39N5O2. The number of nitrogens with one attached hydrogen (secondary N) is 1. The van der Waals surface area contributed by atoms with Gasteiger partial charge in [-0.15, -0.1) is 0 Å². The van der Waals surface area contributed by atoms with Crippen molar-refractivity contribution in [1.82, 2.24) is 5.32 Å². The summed E-state index contributed by atoms with van der Waals surface area (Å²) in [6.07, 6.45) is 4.56. The van der Waals surface area contributed by atoms with Gasteiger partial charge in [-0.25, -0.2) is 0 Å². The Bertz CT molecular complexity index is 1090. The molecule has 4 rings (SSSR count). The van der Waals surface area contributed by atoms with Crippen LogP contribution in [0.2, 0.25) is 0 Å². The normalized spacial score (nSPS) is 19.3. The highest BCUT2D eigenvalue weighted by Crippen LogP contribution is 2.53. The van der Waals surface area contributed by atoms with Crippen LogP contribution < -0.4 is 26.4 Å². The maximum Gasteiger partial charge on any atom is 0.252 e. The number of aliphatic imine (C=N–C) groups is 1. The monoisotopic (exact) mass is 465 g/mol. The fourth-order valence-corrected chi connectivity index (χ4v) is 4.08. The van der Waals surface area contributed by atoms with Gasteiger partial charge in [0.1, 0.15) is 5.75 Å². The first-order chi connectivity index (χ1) is 16.3. The van der Waals surface area contributed by atoms with Gasteiger partial charge in [-0.05, 0) is 88.2 Å². The maximum atomic E-state index is 13.2. The van der Waals surface area contributed by atoms with E-state index >= 15 is 0 Å². The zero-order chi connectivity index (χ0) is 25.0. The van der Waals surface area contributed by atoms with Crippen molar-refractivity contribution < 1.29 is 11.0 Å². The number of fused-ring (bicyclic) bond motifs is 1. The third-order valence-electron chi connectivity index (χ3n) is 6.04. The molecule has 2 fully saturated rings. The summed E-state index contributed by atoms with van der Waals surface area (Å²) in [7, 11) is 3.21. The van der Waals surface area contributed by atoms with E-state index in [1.165, 1.54) is 19.7 Å². The summed E-state index contributed by atoms with van der Waals surface area (Å²) in [6, 6.07) is 13.3. The van der Waals surface area contributed by atoms with E-state index in [1.54, 1.807) is 13.3 Å². The first-order valence-corrected chi connectivity index (χ1v) is 11.8. The number of allylic oxidation sites excluding steroid dienone is 1. The molecule has 5 N–H and O–H groups in total. The lowest BCUT2D eigenvalue weighted by atomic mass is 9.99. The Morgan fingerprint density at radius 1 is 1.21 bits per heavy atom. The Hall–Kier alpha value is -3.32. The van der Waals surface area contributed by atoms with Crippen LogP contribution in [0.4, 0.5) is 5.69 Å². The number of benzene rings is 2.